The number of halogens is 2. The molecular weight excluding hydrogens is 429 g/mol. The lowest BCUT2D eigenvalue weighted by molar-refractivity contribution is -0.0614. The molecule has 32 heavy (non-hydrogen) atoms. The summed E-state index contributed by atoms with van der Waals surface area (Å²) in [7, 11) is 0. The molecule has 0 spiro atoms. The molecule has 8 heteroatoms. The van der Waals surface area contributed by atoms with Gasteiger partial charge in [0.1, 0.15) is 5.82 Å². The van der Waals surface area contributed by atoms with Gasteiger partial charge in [0, 0.05) is 46.6 Å². The van der Waals surface area contributed by atoms with Crippen molar-refractivity contribution in [2.45, 2.75) is 18.1 Å². The molecule has 4 aliphatic rings. The summed E-state index contributed by atoms with van der Waals surface area (Å²) in [5.74, 6) is 6.87. The molecule has 5 N–H and O–H groups in total. The van der Waals surface area contributed by atoms with Gasteiger partial charge in [0.2, 0.25) is 0 Å². The number of fused-ring (bicyclic) bond motifs is 2. The van der Waals surface area contributed by atoms with Crippen LogP contribution in [0, 0.1) is 29.0 Å². The summed E-state index contributed by atoms with van der Waals surface area (Å²) in [4.78, 5) is 6.85. The molecule has 1 unspecified atom stereocenters. The quantitative estimate of drug-likeness (QED) is 0.482. The van der Waals surface area contributed by atoms with E-state index < -0.39 is 11.5 Å². The summed E-state index contributed by atoms with van der Waals surface area (Å²) in [6.45, 7) is 3.75. The van der Waals surface area contributed by atoms with Crippen molar-refractivity contribution in [3.63, 3.8) is 0 Å². The maximum Gasteiger partial charge on any atom is 0.166 e. The topological polar surface area (TPSA) is 88.9 Å². The van der Waals surface area contributed by atoms with Crippen molar-refractivity contribution in [1.82, 2.24) is 4.90 Å². The minimum atomic E-state index is -1.44. The zero-order valence-electron chi connectivity index (χ0n) is 17.4. The predicted octanol–water partition coefficient (Wildman–Crippen LogP) is 2.75. The average molecular weight is 452 g/mol. The molecular formula is C24H23ClFN5O. The van der Waals surface area contributed by atoms with Gasteiger partial charge in [-0.05, 0) is 30.5 Å². The zero-order valence-corrected chi connectivity index (χ0v) is 18.1. The van der Waals surface area contributed by atoms with Gasteiger partial charge in [0.25, 0.3) is 0 Å². The standard InChI is InChI=1S/C24H23ClFN5O/c25-19-3-1-2-17(22(19)26)24(28)18-7-20(27)14(6-21(18)29-13-30-24)4-5-23-8-15(23)9-31(12-23)16-10-32-11-16/h1-3,6-7,13,15-16H,8-12,27-28H2,(H,29,30)/t15-,23+,24?/m1/s1. The SMILES string of the molecule is Nc1cc2c(cc1C#C[C@@]13C[C@@H]1CN(C1COC1)C3)NC=NC2(N)c1cccc(Cl)c1F. The van der Waals surface area contributed by atoms with Gasteiger partial charge in [-0.3, -0.25) is 10.6 Å². The minimum absolute atomic E-state index is 0.00428. The molecule has 2 aromatic rings. The van der Waals surface area contributed by atoms with E-state index in [1.54, 1.807) is 18.2 Å². The van der Waals surface area contributed by atoms with Crippen molar-refractivity contribution < 1.29 is 9.13 Å². The Hall–Kier alpha value is -2.63. The van der Waals surface area contributed by atoms with Crippen LogP contribution in [0.2, 0.25) is 5.02 Å². The third-order valence-corrected chi connectivity index (χ3v) is 7.50. The number of benzene rings is 2. The Morgan fingerprint density at radius 1 is 1.28 bits per heavy atom. The van der Waals surface area contributed by atoms with Crippen molar-refractivity contribution in [2.75, 3.05) is 37.4 Å². The van der Waals surface area contributed by atoms with Crippen LogP contribution in [0.3, 0.4) is 0 Å². The van der Waals surface area contributed by atoms with Gasteiger partial charge in [-0.15, -0.1) is 0 Å². The van der Waals surface area contributed by atoms with Crippen LogP contribution in [0.5, 0.6) is 0 Å². The second-order valence-corrected chi connectivity index (χ2v) is 9.59. The summed E-state index contributed by atoms with van der Waals surface area (Å²) in [5.41, 5.74) is 14.3. The first kappa shape index (κ1) is 20.0. The van der Waals surface area contributed by atoms with E-state index in [-0.39, 0.29) is 16.0 Å². The highest BCUT2D eigenvalue weighted by Crippen LogP contribution is 2.58. The molecule has 0 amide bonds. The van der Waals surface area contributed by atoms with E-state index in [0.29, 0.717) is 28.9 Å². The van der Waals surface area contributed by atoms with Gasteiger partial charge in [0.15, 0.2) is 5.66 Å². The lowest BCUT2D eigenvalue weighted by atomic mass is 9.88. The molecule has 0 bridgehead atoms. The van der Waals surface area contributed by atoms with Gasteiger partial charge in [-0.1, -0.05) is 35.6 Å². The van der Waals surface area contributed by atoms with E-state index in [0.717, 1.165) is 38.3 Å². The fourth-order valence-electron chi connectivity index (χ4n) is 5.07. The van der Waals surface area contributed by atoms with Crippen LogP contribution in [0.1, 0.15) is 23.1 Å². The first-order chi connectivity index (χ1) is 15.4. The van der Waals surface area contributed by atoms with Crippen LogP contribution in [0.4, 0.5) is 15.8 Å². The molecule has 0 aromatic heterocycles. The van der Waals surface area contributed by atoms with Crippen LogP contribution in [-0.4, -0.2) is 43.6 Å². The predicted molar refractivity (Wildman–Crippen MR) is 123 cm³/mol. The van der Waals surface area contributed by atoms with E-state index in [1.807, 2.05) is 6.07 Å². The van der Waals surface area contributed by atoms with E-state index in [2.05, 4.69) is 27.0 Å². The molecule has 1 aliphatic carbocycles. The summed E-state index contributed by atoms with van der Waals surface area (Å²) in [6, 6.07) is 8.87. The van der Waals surface area contributed by atoms with E-state index in [1.165, 1.54) is 12.4 Å². The first-order valence-corrected chi connectivity index (χ1v) is 11.1. The third-order valence-electron chi connectivity index (χ3n) is 7.21. The van der Waals surface area contributed by atoms with Gasteiger partial charge >= 0.3 is 0 Å². The Labute approximate surface area is 190 Å². The molecule has 6 rings (SSSR count). The summed E-state index contributed by atoms with van der Waals surface area (Å²) < 4.78 is 20.1. The molecule has 2 saturated heterocycles. The Kier molecular flexibility index (Phi) is 4.33. The molecule has 3 heterocycles. The smallest absolute Gasteiger partial charge is 0.166 e. The highest BCUT2D eigenvalue weighted by Gasteiger charge is 2.60. The van der Waals surface area contributed by atoms with Gasteiger partial charge in [-0.25, -0.2) is 9.38 Å². The molecule has 3 atom stereocenters. The minimum Gasteiger partial charge on any atom is -0.398 e. The Bertz CT molecular complexity index is 1220. The first-order valence-electron chi connectivity index (χ1n) is 10.7. The van der Waals surface area contributed by atoms with Gasteiger partial charge in [-0.2, -0.15) is 0 Å². The number of nitrogens with one attached hydrogen (secondary N) is 1. The molecule has 0 radical (unpaired) electrons. The van der Waals surface area contributed by atoms with E-state index in [4.69, 9.17) is 27.8 Å². The number of likely N-dealkylation sites (tertiary alicyclic amines) is 1. The summed E-state index contributed by atoms with van der Waals surface area (Å²) in [6.07, 6.45) is 2.61. The molecule has 3 aliphatic heterocycles. The Balaban J connectivity index is 1.33. The van der Waals surface area contributed by atoms with Crippen molar-refractivity contribution >= 4 is 29.3 Å². The highest BCUT2D eigenvalue weighted by atomic mass is 35.5. The maximum atomic E-state index is 14.8. The van der Waals surface area contributed by atoms with E-state index >= 15 is 0 Å². The molecule has 2 aromatic carbocycles. The number of nitrogens with zero attached hydrogens (tertiary/aromatic N) is 2. The molecule has 164 valence electrons. The monoisotopic (exact) mass is 451 g/mol. The maximum absolute atomic E-state index is 14.8. The Morgan fingerprint density at radius 3 is 2.91 bits per heavy atom. The fourth-order valence-corrected chi connectivity index (χ4v) is 5.24. The number of aliphatic imine (C=N–C) groups is 1. The second-order valence-electron chi connectivity index (χ2n) is 9.18. The average Bonchev–Trinajstić information content (AvgIpc) is 3.28. The number of hydrogen-bond acceptors (Lipinski definition) is 6. The molecule has 6 nitrogen and oxygen atoms in total. The van der Waals surface area contributed by atoms with Crippen molar-refractivity contribution in [2.24, 2.45) is 22.1 Å². The normalized spacial score (nSPS) is 30.5. The van der Waals surface area contributed by atoms with Crippen molar-refractivity contribution in [1.29, 1.82) is 0 Å². The van der Waals surface area contributed by atoms with E-state index in [9.17, 15) is 4.39 Å². The zero-order chi connectivity index (χ0) is 22.1. The fraction of sp³-hybridized carbons (Fsp3) is 0.375. The van der Waals surface area contributed by atoms with Crippen molar-refractivity contribution in [3.8, 4) is 11.8 Å². The van der Waals surface area contributed by atoms with Crippen LogP contribution in [0.15, 0.2) is 35.3 Å². The molecule has 3 fully saturated rings. The van der Waals surface area contributed by atoms with Gasteiger partial charge < -0.3 is 15.8 Å². The van der Waals surface area contributed by atoms with Crippen LogP contribution in [-0.2, 0) is 10.4 Å². The summed E-state index contributed by atoms with van der Waals surface area (Å²) in [5, 5.41) is 3.10. The number of anilines is 2. The number of hydrogen-bond donors (Lipinski definition) is 3. The largest absolute Gasteiger partial charge is 0.398 e. The number of nitrogen functional groups attached to an aromatic ring is 1. The number of piperidine rings is 1. The lowest BCUT2D eigenvalue weighted by Gasteiger charge is -2.35. The van der Waals surface area contributed by atoms with Crippen molar-refractivity contribution in [3.05, 3.63) is 57.9 Å². The third kappa shape index (κ3) is 2.95. The molecule has 1 saturated carbocycles. The Morgan fingerprint density at radius 2 is 2.12 bits per heavy atom. The van der Waals surface area contributed by atoms with Crippen LogP contribution >= 0.6 is 11.6 Å². The number of rotatable bonds is 2. The van der Waals surface area contributed by atoms with Crippen LogP contribution < -0.4 is 16.8 Å². The highest BCUT2D eigenvalue weighted by molar-refractivity contribution is 6.30. The summed E-state index contributed by atoms with van der Waals surface area (Å²) >= 11 is 5.99. The number of nitrogens with two attached hydrogens (primary N) is 2. The second kappa shape index (κ2) is 6.93. The lowest BCUT2D eigenvalue weighted by Crippen LogP contribution is -2.49. The van der Waals surface area contributed by atoms with Gasteiger partial charge in [0.05, 0.1) is 30.6 Å². The van der Waals surface area contributed by atoms with Crippen LogP contribution in [0.25, 0.3) is 0 Å². The number of ether oxygens (including phenoxy) is 1.